The lowest BCUT2D eigenvalue weighted by atomic mass is 10.2. The van der Waals surface area contributed by atoms with E-state index in [1.54, 1.807) is 53.9 Å². The number of hydrogen-bond acceptors (Lipinski definition) is 7. The van der Waals surface area contributed by atoms with Gasteiger partial charge in [-0.25, -0.2) is 10.2 Å². The molecule has 3 rings (SSSR count). The second kappa shape index (κ2) is 11.3. The summed E-state index contributed by atoms with van der Waals surface area (Å²) in [6.07, 6.45) is 1.46. The summed E-state index contributed by atoms with van der Waals surface area (Å²) in [5.41, 5.74) is 3.91. The second-order valence-electron chi connectivity index (χ2n) is 6.50. The Hall–Kier alpha value is -3.36. The Balaban J connectivity index is 1.57. The van der Waals surface area contributed by atoms with E-state index >= 15 is 0 Å². The molecule has 0 aliphatic rings. The first-order valence-electron chi connectivity index (χ1n) is 9.69. The van der Waals surface area contributed by atoms with E-state index in [0.29, 0.717) is 39.3 Å². The van der Waals surface area contributed by atoms with Gasteiger partial charge in [-0.1, -0.05) is 17.7 Å². The number of carbonyl (C=O) groups excluding carboxylic acids is 2. The Labute approximate surface area is 194 Å². The van der Waals surface area contributed by atoms with Crippen molar-refractivity contribution in [1.82, 2.24) is 5.43 Å². The maximum absolute atomic E-state index is 12.2. The molecule has 0 radical (unpaired) electrons. The molecule has 0 atom stereocenters. The summed E-state index contributed by atoms with van der Waals surface area (Å²) >= 11 is 7.27. The summed E-state index contributed by atoms with van der Waals surface area (Å²) in [7, 11) is 0. The summed E-state index contributed by atoms with van der Waals surface area (Å²) in [6.45, 7) is 3.88. The van der Waals surface area contributed by atoms with Gasteiger partial charge >= 0.3 is 5.97 Å². The average Bonchev–Trinajstić information content (AvgIpc) is 3.32. The molecule has 0 aliphatic carbocycles. The molecule has 0 spiro atoms. The third kappa shape index (κ3) is 6.57. The SMILES string of the molecule is CCOc1cc(C=NNC(=O)COc2ccc(Cl)c(C)c2)ccc1OC(=O)c1cccs1. The maximum atomic E-state index is 12.2. The normalized spacial score (nSPS) is 10.7. The number of amides is 1. The summed E-state index contributed by atoms with van der Waals surface area (Å²) in [4.78, 5) is 24.7. The lowest BCUT2D eigenvalue weighted by Gasteiger charge is -2.11. The first kappa shape index (κ1) is 23.3. The molecule has 1 amide bonds. The first-order valence-corrected chi connectivity index (χ1v) is 11.0. The fourth-order valence-electron chi connectivity index (χ4n) is 2.57. The van der Waals surface area contributed by atoms with Crippen molar-refractivity contribution in [1.29, 1.82) is 0 Å². The number of ether oxygens (including phenoxy) is 3. The number of halogens is 1. The van der Waals surface area contributed by atoms with E-state index in [4.69, 9.17) is 25.8 Å². The minimum atomic E-state index is -0.453. The van der Waals surface area contributed by atoms with Gasteiger partial charge in [0.25, 0.3) is 5.91 Å². The standard InChI is InChI=1S/C23H21ClN2O5S/c1-3-29-20-12-16(6-9-19(20)31-23(28)21-5-4-10-32-21)13-25-26-22(27)14-30-17-7-8-18(24)15(2)11-17/h4-13H,3,14H2,1-2H3,(H,26,27). The quantitative estimate of drug-likeness (QED) is 0.208. The van der Waals surface area contributed by atoms with Gasteiger partial charge in [0.05, 0.1) is 12.8 Å². The molecule has 0 unspecified atom stereocenters. The Morgan fingerprint density at radius 3 is 2.69 bits per heavy atom. The van der Waals surface area contributed by atoms with E-state index in [-0.39, 0.29) is 6.61 Å². The molecule has 0 bridgehead atoms. The van der Waals surface area contributed by atoms with Gasteiger partial charge in [-0.15, -0.1) is 11.3 Å². The van der Waals surface area contributed by atoms with Crippen molar-refractivity contribution < 1.29 is 23.8 Å². The molecule has 0 saturated heterocycles. The van der Waals surface area contributed by atoms with Crippen molar-refractivity contribution in [3.63, 3.8) is 0 Å². The molecule has 1 heterocycles. The van der Waals surface area contributed by atoms with Crippen molar-refractivity contribution in [2.75, 3.05) is 13.2 Å². The minimum absolute atomic E-state index is 0.194. The minimum Gasteiger partial charge on any atom is -0.490 e. The molecule has 166 valence electrons. The van der Waals surface area contributed by atoms with Crippen molar-refractivity contribution in [2.45, 2.75) is 13.8 Å². The number of rotatable bonds is 9. The zero-order chi connectivity index (χ0) is 22.9. The van der Waals surface area contributed by atoms with Gasteiger partial charge in [-0.05, 0) is 72.8 Å². The molecule has 0 saturated carbocycles. The van der Waals surface area contributed by atoms with Crippen LogP contribution in [0.2, 0.25) is 5.02 Å². The van der Waals surface area contributed by atoms with Crippen LogP contribution in [0.25, 0.3) is 0 Å². The Bertz CT molecular complexity index is 1120. The largest absolute Gasteiger partial charge is 0.490 e. The number of aryl methyl sites for hydroxylation is 1. The number of esters is 1. The van der Waals surface area contributed by atoms with E-state index in [1.807, 2.05) is 13.8 Å². The van der Waals surface area contributed by atoms with Crippen LogP contribution in [-0.4, -0.2) is 31.3 Å². The van der Waals surface area contributed by atoms with E-state index in [2.05, 4.69) is 10.5 Å². The van der Waals surface area contributed by atoms with E-state index < -0.39 is 11.9 Å². The Morgan fingerprint density at radius 2 is 1.97 bits per heavy atom. The highest BCUT2D eigenvalue weighted by Gasteiger charge is 2.14. The summed E-state index contributed by atoms with van der Waals surface area (Å²) < 4.78 is 16.4. The van der Waals surface area contributed by atoms with Gasteiger partial charge in [0.2, 0.25) is 0 Å². The van der Waals surface area contributed by atoms with Crippen LogP contribution in [-0.2, 0) is 4.79 Å². The van der Waals surface area contributed by atoms with Crippen LogP contribution >= 0.6 is 22.9 Å². The number of thiophene rings is 1. The van der Waals surface area contributed by atoms with Crippen LogP contribution in [0.4, 0.5) is 0 Å². The summed E-state index contributed by atoms with van der Waals surface area (Å²) in [6, 6.07) is 13.6. The van der Waals surface area contributed by atoms with Crippen LogP contribution in [0.15, 0.2) is 59.0 Å². The van der Waals surface area contributed by atoms with Gasteiger partial charge in [0.15, 0.2) is 18.1 Å². The topological polar surface area (TPSA) is 86.2 Å². The predicted molar refractivity (Wildman–Crippen MR) is 124 cm³/mol. The summed E-state index contributed by atoms with van der Waals surface area (Å²) in [5, 5.41) is 6.36. The molecule has 7 nitrogen and oxygen atoms in total. The molecule has 1 N–H and O–H groups in total. The molecule has 3 aromatic rings. The van der Waals surface area contributed by atoms with Crippen molar-refractivity contribution >= 4 is 41.0 Å². The lowest BCUT2D eigenvalue weighted by molar-refractivity contribution is -0.123. The number of hydrogen-bond donors (Lipinski definition) is 1. The first-order chi connectivity index (χ1) is 15.5. The molecule has 2 aromatic carbocycles. The third-order valence-corrected chi connectivity index (χ3v) is 5.37. The molecule has 0 aliphatic heterocycles. The van der Waals surface area contributed by atoms with Crippen molar-refractivity contribution in [2.24, 2.45) is 5.10 Å². The predicted octanol–water partition coefficient (Wildman–Crippen LogP) is 4.86. The molecular weight excluding hydrogens is 452 g/mol. The highest BCUT2D eigenvalue weighted by Crippen LogP contribution is 2.29. The number of nitrogens with zero attached hydrogens (tertiary/aromatic N) is 1. The fourth-order valence-corrected chi connectivity index (χ4v) is 3.29. The third-order valence-electron chi connectivity index (χ3n) is 4.09. The highest BCUT2D eigenvalue weighted by atomic mass is 35.5. The summed E-state index contributed by atoms with van der Waals surface area (Å²) in [5.74, 6) is 0.373. The zero-order valence-corrected chi connectivity index (χ0v) is 19.0. The maximum Gasteiger partial charge on any atom is 0.353 e. The van der Waals surface area contributed by atoms with E-state index in [1.165, 1.54) is 17.6 Å². The average molecular weight is 473 g/mol. The molecule has 32 heavy (non-hydrogen) atoms. The highest BCUT2D eigenvalue weighted by molar-refractivity contribution is 7.12. The van der Waals surface area contributed by atoms with Crippen LogP contribution < -0.4 is 19.6 Å². The molecule has 0 fully saturated rings. The van der Waals surface area contributed by atoms with Crippen LogP contribution in [0, 0.1) is 6.92 Å². The monoisotopic (exact) mass is 472 g/mol. The number of carbonyl (C=O) groups is 2. The van der Waals surface area contributed by atoms with Crippen LogP contribution in [0.1, 0.15) is 27.7 Å². The lowest BCUT2D eigenvalue weighted by Crippen LogP contribution is -2.24. The number of hydrazone groups is 1. The number of nitrogens with one attached hydrogen (secondary N) is 1. The molecule has 9 heteroatoms. The van der Waals surface area contributed by atoms with Gasteiger partial charge in [-0.2, -0.15) is 5.10 Å². The van der Waals surface area contributed by atoms with Crippen molar-refractivity contribution in [3.05, 3.63) is 74.9 Å². The fraction of sp³-hybridized carbons (Fsp3) is 0.174. The van der Waals surface area contributed by atoms with Crippen LogP contribution in [0.3, 0.4) is 0 Å². The van der Waals surface area contributed by atoms with E-state index in [9.17, 15) is 9.59 Å². The smallest absolute Gasteiger partial charge is 0.353 e. The number of benzene rings is 2. The second-order valence-corrected chi connectivity index (χ2v) is 7.85. The zero-order valence-electron chi connectivity index (χ0n) is 17.5. The van der Waals surface area contributed by atoms with Crippen molar-refractivity contribution in [3.8, 4) is 17.2 Å². The van der Waals surface area contributed by atoms with Gasteiger partial charge in [0.1, 0.15) is 10.6 Å². The van der Waals surface area contributed by atoms with Gasteiger partial charge in [-0.3, -0.25) is 4.79 Å². The molecule has 1 aromatic heterocycles. The van der Waals surface area contributed by atoms with Gasteiger partial charge in [0, 0.05) is 5.02 Å². The Morgan fingerprint density at radius 1 is 1.12 bits per heavy atom. The Kier molecular flexibility index (Phi) is 8.24. The van der Waals surface area contributed by atoms with Crippen LogP contribution in [0.5, 0.6) is 17.2 Å². The van der Waals surface area contributed by atoms with E-state index in [0.717, 1.165) is 5.56 Å². The molecular formula is C23H21ClN2O5S. The van der Waals surface area contributed by atoms with Gasteiger partial charge < -0.3 is 14.2 Å².